The molecule has 0 amide bonds. The van der Waals surface area contributed by atoms with E-state index in [1.165, 1.54) is 30.3 Å². The smallest absolute Gasteiger partial charge is 0.328 e. The van der Waals surface area contributed by atoms with E-state index in [2.05, 4.69) is 0 Å². The van der Waals surface area contributed by atoms with Crippen LogP contribution < -0.4 is 16.2 Å². The van der Waals surface area contributed by atoms with E-state index < -0.39 is 24.0 Å². The Kier molecular flexibility index (Phi) is 6.16. The normalized spacial score (nSPS) is 13.0. The molecule has 0 radical (unpaired) electrons. The molecule has 0 saturated heterocycles. The van der Waals surface area contributed by atoms with Gasteiger partial charge in [0.05, 0.1) is 0 Å². The molecule has 0 aliphatic rings. The minimum absolute atomic E-state index is 0.0253. The van der Waals surface area contributed by atoms with Crippen LogP contribution in [0.1, 0.15) is 11.1 Å². The Morgan fingerprint density at radius 1 is 0.923 bits per heavy atom. The fourth-order valence-electron chi connectivity index (χ4n) is 2.27. The van der Waals surface area contributed by atoms with Gasteiger partial charge in [0.2, 0.25) is 0 Å². The summed E-state index contributed by atoms with van der Waals surface area (Å²) in [6.07, 6.45) is 0.225. The number of rotatable bonds is 7. The average Bonchev–Trinajstić information content (AvgIpc) is 2.59. The molecule has 0 bridgehead atoms. The van der Waals surface area contributed by atoms with Crippen LogP contribution in [-0.2, 0) is 22.4 Å². The Labute approximate surface area is 149 Å². The second-order valence-corrected chi connectivity index (χ2v) is 5.85. The van der Waals surface area contributed by atoms with Gasteiger partial charge in [-0.1, -0.05) is 18.2 Å². The molecule has 138 valence electrons. The molecule has 2 aromatic carbocycles. The zero-order valence-electron chi connectivity index (χ0n) is 13.8. The molecule has 0 aromatic heterocycles. The lowest BCUT2D eigenvalue weighted by Crippen LogP contribution is -2.36. The number of carboxylic acids is 1. The Morgan fingerprint density at radius 2 is 1.50 bits per heavy atom. The molecular weight excluding hydrogens is 340 g/mol. The van der Waals surface area contributed by atoms with Crippen molar-refractivity contribution in [3.05, 3.63) is 53.6 Å². The zero-order valence-corrected chi connectivity index (χ0v) is 13.8. The minimum Gasteiger partial charge on any atom is -0.508 e. The molecule has 0 unspecified atom stereocenters. The van der Waals surface area contributed by atoms with Crippen molar-refractivity contribution in [2.75, 3.05) is 0 Å². The summed E-state index contributed by atoms with van der Waals surface area (Å²) in [6, 6.07) is 8.35. The summed E-state index contributed by atoms with van der Waals surface area (Å²) in [5, 5.41) is 28.0. The molecule has 0 spiro atoms. The predicted molar refractivity (Wildman–Crippen MR) is 92.8 cm³/mol. The Morgan fingerprint density at radius 3 is 2.08 bits per heavy atom. The average molecular weight is 360 g/mol. The SMILES string of the molecule is N[C@@H](Cc1ccc(OC(=O)[C@@H](N)Cc2ccc(O)cc2)c(O)c1)C(=O)O. The Hall–Kier alpha value is -3.10. The van der Waals surface area contributed by atoms with E-state index in [0.717, 1.165) is 5.56 Å². The molecule has 26 heavy (non-hydrogen) atoms. The number of phenolic OH excluding ortho intramolecular Hbond substituents is 2. The monoisotopic (exact) mass is 360 g/mol. The number of ether oxygens (including phenoxy) is 1. The lowest BCUT2D eigenvalue weighted by Gasteiger charge is -2.13. The highest BCUT2D eigenvalue weighted by Crippen LogP contribution is 2.27. The van der Waals surface area contributed by atoms with Gasteiger partial charge in [-0.25, -0.2) is 4.79 Å². The Bertz CT molecular complexity index is 791. The first-order chi connectivity index (χ1) is 12.3. The number of benzene rings is 2. The van der Waals surface area contributed by atoms with E-state index in [4.69, 9.17) is 21.3 Å². The van der Waals surface area contributed by atoms with Crippen molar-refractivity contribution in [3.8, 4) is 17.2 Å². The molecule has 2 aromatic rings. The van der Waals surface area contributed by atoms with Gasteiger partial charge in [0, 0.05) is 0 Å². The summed E-state index contributed by atoms with van der Waals surface area (Å²) in [7, 11) is 0. The number of carbonyl (C=O) groups excluding carboxylic acids is 1. The number of carboxylic acid groups (broad SMARTS) is 1. The molecule has 0 fully saturated rings. The van der Waals surface area contributed by atoms with Crippen LogP contribution in [-0.4, -0.2) is 39.3 Å². The lowest BCUT2D eigenvalue weighted by molar-refractivity contribution is -0.138. The summed E-state index contributed by atoms with van der Waals surface area (Å²) >= 11 is 0. The molecule has 0 saturated carbocycles. The first kappa shape index (κ1) is 19.2. The second kappa shape index (κ2) is 8.32. The number of hydrogen-bond acceptors (Lipinski definition) is 7. The molecule has 2 atom stereocenters. The van der Waals surface area contributed by atoms with Crippen molar-refractivity contribution in [3.63, 3.8) is 0 Å². The van der Waals surface area contributed by atoms with Gasteiger partial charge < -0.3 is 31.5 Å². The van der Waals surface area contributed by atoms with Crippen molar-refractivity contribution in [2.24, 2.45) is 11.5 Å². The predicted octanol–water partition coefficient (Wildman–Crippen LogP) is 0.528. The summed E-state index contributed by atoms with van der Waals surface area (Å²) in [5.41, 5.74) is 12.5. The second-order valence-electron chi connectivity index (χ2n) is 5.85. The van der Waals surface area contributed by atoms with Crippen LogP contribution in [0.25, 0.3) is 0 Å². The number of hydrogen-bond donors (Lipinski definition) is 5. The number of aromatic hydroxyl groups is 2. The first-order valence-corrected chi connectivity index (χ1v) is 7.81. The third-order valence-electron chi connectivity index (χ3n) is 3.70. The molecule has 0 heterocycles. The molecular formula is C18H20N2O6. The first-order valence-electron chi connectivity index (χ1n) is 7.81. The largest absolute Gasteiger partial charge is 0.508 e. The van der Waals surface area contributed by atoms with Crippen LogP contribution in [0, 0.1) is 0 Å². The van der Waals surface area contributed by atoms with Gasteiger partial charge in [0.15, 0.2) is 11.5 Å². The number of carbonyl (C=O) groups is 2. The Balaban J connectivity index is 1.99. The van der Waals surface area contributed by atoms with Crippen molar-refractivity contribution >= 4 is 11.9 Å². The quantitative estimate of drug-likeness (QED) is 0.353. The van der Waals surface area contributed by atoms with Gasteiger partial charge in [0.1, 0.15) is 17.8 Å². The van der Waals surface area contributed by atoms with Gasteiger partial charge >= 0.3 is 11.9 Å². The summed E-state index contributed by atoms with van der Waals surface area (Å²) in [5.74, 6) is -2.17. The maximum atomic E-state index is 12.1. The van der Waals surface area contributed by atoms with Gasteiger partial charge in [0.25, 0.3) is 0 Å². The number of phenols is 2. The maximum absolute atomic E-state index is 12.1. The fourth-order valence-corrected chi connectivity index (χ4v) is 2.27. The van der Waals surface area contributed by atoms with Crippen molar-refractivity contribution < 1.29 is 29.6 Å². The highest BCUT2D eigenvalue weighted by molar-refractivity contribution is 5.79. The van der Waals surface area contributed by atoms with Crippen LogP contribution in [0.15, 0.2) is 42.5 Å². The molecule has 0 aliphatic heterocycles. The van der Waals surface area contributed by atoms with Crippen LogP contribution >= 0.6 is 0 Å². The standard InChI is InChI=1S/C18H20N2O6/c19-13(17(23)24)8-11-3-6-16(15(22)9-11)26-18(25)14(20)7-10-1-4-12(21)5-2-10/h1-6,9,13-14,21-22H,7-8,19-20H2,(H,23,24)/t13-,14-/m0/s1. The van der Waals surface area contributed by atoms with Crippen LogP contribution in [0.4, 0.5) is 0 Å². The third kappa shape index (κ3) is 5.20. The number of nitrogens with two attached hydrogens (primary N) is 2. The zero-order chi connectivity index (χ0) is 19.3. The lowest BCUT2D eigenvalue weighted by atomic mass is 10.1. The third-order valence-corrected chi connectivity index (χ3v) is 3.70. The van der Waals surface area contributed by atoms with Gasteiger partial charge in [-0.2, -0.15) is 0 Å². The minimum atomic E-state index is -1.15. The number of esters is 1. The van der Waals surface area contributed by atoms with Crippen molar-refractivity contribution in [1.82, 2.24) is 0 Å². The van der Waals surface area contributed by atoms with Crippen molar-refractivity contribution in [2.45, 2.75) is 24.9 Å². The van der Waals surface area contributed by atoms with E-state index >= 15 is 0 Å². The van der Waals surface area contributed by atoms with E-state index in [-0.39, 0.29) is 30.1 Å². The van der Waals surface area contributed by atoms with E-state index in [9.17, 15) is 19.8 Å². The molecule has 2 rings (SSSR count). The van der Waals surface area contributed by atoms with Crippen LogP contribution in [0.3, 0.4) is 0 Å². The molecule has 8 nitrogen and oxygen atoms in total. The van der Waals surface area contributed by atoms with E-state index in [1.54, 1.807) is 12.1 Å². The molecule has 0 aliphatic carbocycles. The molecule has 7 N–H and O–H groups in total. The molecule has 8 heteroatoms. The van der Waals surface area contributed by atoms with Crippen LogP contribution in [0.5, 0.6) is 17.2 Å². The summed E-state index contributed by atoms with van der Waals surface area (Å²) in [4.78, 5) is 22.8. The topological polar surface area (TPSA) is 156 Å². The maximum Gasteiger partial charge on any atom is 0.328 e. The highest BCUT2D eigenvalue weighted by atomic mass is 16.5. The van der Waals surface area contributed by atoms with E-state index in [0.29, 0.717) is 5.56 Å². The van der Waals surface area contributed by atoms with Gasteiger partial charge in [-0.3, -0.25) is 4.79 Å². The van der Waals surface area contributed by atoms with E-state index in [1.807, 2.05) is 0 Å². The summed E-state index contributed by atoms with van der Waals surface area (Å²) in [6.45, 7) is 0. The fraction of sp³-hybridized carbons (Fsp3) is 0.222. The van der Waals surface area contributed by atoms with Gasteiger partial charge in [-0.15, -0.1) is 0 Å². The van der Waals surface area contributed by atoms with Gasteiger partial charge in [-0.05, 0) is 48.2 Å². The number of aliphatic carboxylic acids is 1. The summed E-state index contributed by atoms with van der Waals surface area (Å²) < 4.78 is 5.10. The van der Waals surface area contributed by atoms with Crippen LogP contribution in [0.2, 0.25) is 0 Å². The van der Waals surface area contributed by atoms with Crippen molar-refractivity contribution in [1.29, 1.82) is 0 Å². The highest BCUT2D eigenvalue weighted by Gasteiger charge is 2.19.